The van der Waals surface area contributed by atoms with Gasteiger partial charge < -0.3 is 9.84 Å². The first-order valence-electron chi connectivity index (χ1n) is 6.01. The van der Waals surface area contributed by atoms with Gasteiger partial charge in [-0.05, 0) is 43.3 Å². The Morgan fingerprint density at radius 3 is 2.75 bits per heavy atom. The molecule has 0 bridgehead atoms. The normalized spacial score (nSPS) is 12.2. The minimum Gasteiger partial charge on any atom is -0.488 e. The van der Waals surface area contributed by atoms with E-state index in [0.29, 0.717) is 21.9 Å². The maximum atomic E-state index is 13.6. The maximum absolute atomic E-state index is 13.6. The molecular formula is C15H13BrClFO2. The summed E-state index contributed by atoms with van der Waals surface area (Å²) in [4.78, 5) is 0. The summed E-state index contributed by atoms with van der Waals surface area (Å²) in [6.07, 6.45) is -0.712. The average Bonchev–Trinajstić information content (AvgIpc) is 2.40. The molecule has 1 atom stereocenters. The van der Waals surface area contributed by atoms with E-state index in [4.69, 9.17) is 16.3 Å². The van der Waals surface area contributed by atoms with E-state index in [1.54, 1.807) is 37.3 Å². The van der Waals surface area contributed by atoms with Crippen LogP contribution >= 0.6 is 27.5 Å². The van der Waals surface area contributed by atoms with Gasteiger partial charge in [-0.3, -0.25) is 0 Å². The predicted molar refractivity (Wildman–Crippen MR) is 80.5 cm³/mol. The Kier molecular flexibility index (Phi) is 5.02. The van der Waals surface area contributed by atoms with Crippen LogP contribution in [0.2, 0.25) is 5.02 Å². The fourth-order valence-electron chi connectivity index (χ4n) is 1.79. The van der Waals surface area contributed by atoms with E-state index < -0.39 is 6.10 Å². The van der Waals surface area contributed by atoms with Crippen LogP contribution in [-0.2, 0) is 6.61 Å². The van der Waals surface area contributed by atoms with Crippen LogP contribution < -0.4 is 4.74 Å². The van der Waals surface area contributed by atoms with Crippen LogP contribution in [0.5, 0.6) is 5.75 Å². The van der Waals surface area contributed by atoms with E-state index in [1.807, 2.05) is 0 Å². The Bertz CT molecular complexity index is 617. The number of benzene rings is 2. The van der Waals surface area contributed by atoms with Crippen molar-refractivity contribution in [1.82, 2.24) is 0 Å². The number of aliphatic hydroxyl groups excluding tert-OH is 1. The minimum atomic E-state index is -0.712. The summed E-state index contributed by atoms with van der Waals surface area (Å²) in [6, 6.07) is 9.63. The second kappa shape index (κ2) is 6.57. The van der Waals surface area contributed by atoms with Crippen LogP contribution in [0.15, 0.2) is 40.9 Å². The number of hydrogen-bond donors (Lipinski definition) is 1. The lowest BCUT2D eigenvalue weighted by atomic mass is 10.1. The zero-order chi connectivity index (χ0) is 14.7. The molecule has 2 rings (SSSR count). The van der Waals surface area contributed by atoms with Gasteiger partial charge in [0, 0.05) is 20.6 Å². The van der Waals surface area contributed by atoms with Gasteiger partial charge in [-0.25, -0.2) is 4.39 Å². The van der Waals surface area contributed by atoms with Crippen molar-refractivity contribution in [2.24, 2.45) is 0 Å². The minimum absolute atomic E-state index is 0.0760. The monoisotopic (exact) mass is 358 g/mol. The highest BCUT2D eigenvalue weighted by molar-refractivity contribution is 9.10. The largest absolute Gasteiger partial charge is 0.488 e. The van der Waals surface area contributed by atoms with Crippen molar-refractivity contribution >= 4 is 27.5 Å². The van der Waals surface area contributed by atoms with Crippen molar-refractivity contribution in [2.75, 3.05) is 0 Å². The molecule has 0 aliphatic heterocycles. The highest BCUT2D eigenvalue weighted by Crippen LogP contribution is 2.29. The molecule has 0 fully saturated rings. The summed E-state index contributed by atoms with van der Waals surface area (Å²) < 4.78 is 20.0. The number of hydrogen-bond acceptors (Lipinski definition) is 2. The smallest absolute Gasteiger partial charge is 0.129 e. The molecule has 0 saturated heterocycles. The lowest BCUT2D eigenvalue weighted by molar-refractivity contribution is 0.190. The third kappa shape index (κ3) is 3.72. The van der Waals surface area contributed by atoms with Crippen LogP contribution in [0.4, 0.5) is 4.39 Å². The van der Waals surface area contributed by atoms with Gasteiger partial charge in [0.05, 0.1) is 6.10 Å². The lowest BCUT2D eigenvalue weighted by Gasteiger charge is -2.14. The number of rotatable bonds is 4. The Hall–Kier alpha value is -1.10. The number of aliphatic hydroxyl groups is 1. The second-order valence-electron chi connectivity index (χ2n) is 4.38. The fraction of sp³-hybridized carbons (Fsp3) is 0.200. The number of ether oxygens (including phenoxy) is 1. The molecule has 1 N–H and O–H groups in total. The van der Waals surface area contributed by atoms with Gasteiger partial charge >= 0.3 is 0 Å². The molecule has 2 nitrogen and oxygen atoms in total. The van der Waals surface area contributed by atoms with Crippen LogP contribution in [0, 0.1) is 5.82 Å². The summed E-state index contributed by atoms with van der Waals surface area (Å²) in [5.41, 5.74) is 1.01. The molecule has 0 aliphatic carbocycles. The Morgan fingerprint density at radius 1 is 1.30 bits per heavy atom. The van der Waals surface area contributed by atoms with E-state index in [-0.39, 0.29) is 12.4 Å². The van der Waals surface area contributed by atoms with Crippen molar-refractivity contribution in [2.45, 2.75) is 19.6 Å². The predicted octanol–water partition coefficient (Wildman–Crippen LogP) is 4.87. The SMILES string of the molecule is CC(O)c1cc(Cl)ccc1OCc1cc(Br)ccc1F. The average molecular weight is 360 g/mol. The summed E-state index contributed by atoms with van der Waals surface area (Å²) in [6.45, 7) is 1.70. The Balaban J connectivity index is 2.20. The van der Waals surface area contributed by atoms with E-state index in [1.165, 1.54) is 6.07 Å². The lowest BCUT2D eigenvalue weighted by Crippen LogP contribution is -2.02. The van der Waals surface area contributed by atoms with Crippen molar-refractivity contribution in [3.05, 3.63) is 62.8 Å². The third-order valence-electron chi connectivity index (χ3n) is 2.81. The molecule has 20 heavy (non-hydrogen) atoms. The highest BCUT2D eigenvalue weighted by Gasteiger charge is 2.11. The van der Waals surface area contributed by atoms with Crippen LogP contribution in [0.3, 0.4) is 0 Å². The van der Waals surface area contributed by atoms with Gasteiger partial charge in [-0.1, -0.05) is 27.5 Å². The highest BCUT2D eigenvalue weighted by atomic mass is 79.9. The van der Waals surface area contributed by atoms with Crippen LogP contribution in [0.25, 0.3) is 0 Å². The van der Waals surface area contributed by atoms with Crippen LogP contribution in [0.1, 0.15) is 24.2 Å². The molecule has 2 aromatic rings. The van der Waals surface area contributed by atoms with Crippen molar-refractivity contribution < 1.29 is 14.2 Å². The zero-order valence-electron chi connectivity index (χ0n) is 10.7. The summed E-state index contributed by atoms with van der Waals surface area (Å²) in [5.74, 6) is 0.157. The molecule has 0 aromatic heterocycles. The molecule has 0 amide bonds. The molecular weight excluding hydrogens is 347 g/mol. The first-order valence-corrected chi connectivity index (χ1v) is 7.18. The Morgan fingerprint density at radius 2 is 2.05 bits per heavy atom. The molecule has 1 unspecified atom stereocenters. The van der Waals surface area contributed by atoms with Gasteiger partial charge in [0.25, 0.3) is 0 Å². The van der Waals surface area contributed by atoms with Crippen molar-refractivity contribution in [3.8, 4) is 5.75 Å². The second-order valence-corrected chi connectivity index (χ2v) is 5.73. The summed E-state index contributed by atoms with van der Waals surface area (Å²) >= 11 is 9.18. The fourth-order valence-corrected chi connectivity index (χ4v) is 2.38. The van der Waals surface area contributed by atoms with E-state index in [2.05, 4.69) is 15.9 Å². The van der Waals surface area contributed by atoms with Gasteiger partial charge in [0.15, 0.2) is 0 Å². The molecule has 0 radical (unpaired) electrons. The first-order chi connectivity index (χ1) is 9.47. The molecule has 5 heteroatoms. The van der Waals surface area contributed by atoms with Crippen LogP contribution in [-0.4, -0.2) is 5.11 Å². The third-order valence-corrected chi connectivity index (χ3v) is 3.54. The molecule has 0 aliphatic rings. The molecule has 0 saturated carbocycles. The molecule has 0 spiro atoms. The molecule has 0 heterocycles. The van der Waals surface area contributed by atoms with Gasteiger partial charge in [-0.15, -0.1) is 0 Å². The van der Waals surface area contributed by atoms with Gasteiger partial charge in [-0.2, -0.15) is 0 Å². The quantitative estimate of drug-likeness (QED) is 0.843. The zero-order valence-corrected chi connectivity index (χ0v) is 13.1. The van der Waals surface area contributed by atoms with E-state index >= 15 is 0 Å². The van der Waals surface area contributed by atoms with Gasteiger partial charge in [0.2, 0.25) is 0 Å². The van der Waals surface area contributed by atoms with Crippen molar-refractivity contribution in [3.63, 3.8) is 0 Å². The Labute approximate surface area is 130 Å². The molecule has 106 valence electrons. The van der Waals surface area contributed by atoms with Crippen molar-refractivity contribution in [1.29, 1.82) is 0 Å². The number of halogens is 3. The molecule has 2 aromatic carbocycles. The maximum Gasteiger partial charge on any atom is 0.129 e. The first kappa shape index (κ1) is 15.3. The summed E-state index contributed by atoms with van der Waals surface area (Å²) in [7, 11) is 0. The van der Waals surface area contributed by atoms with Gasteiger partial charge in [0.1, 0.15) is 18.2 Å². The summed E-state index contributed by atoms with van der Waals surface area (Å²) in [5, 5.41) is 10.2. The standard InChI is InChI=1S/C15H13BrClFO2/c1-9(19)13-7-12(17)3-5-15(13)20-8-10-6-11(16)2-4-14(10)18/h2-7,9,19H,8H2,1H3. The van der Waals surface area contributed by atoms with E-state index in [0.717, 1.165) is 4.47 Å². The topological polar surface area (TPSA) is 29.5 Å². The van der Waals surface area contributed by atoms with E-state index in [9.17, 15) is 9.50 Å².